The average Bonchev–Trinajstić information content (AvgIpc) is 3.54. The normalized spacial score (nSPS) is 11.8. The molecular weight excluding hydrogens is 572 g/mol. The molecular formula is C44H26N2O. The Labute approximate surface area is 270 Å². The zero-order valence-electron chi connectivity index (χ0n) is 25.3. The van der Waals surface area contributed by atoms with E-state index in [1.165, 1.54) is 27.1 Å². The molecule has 0 bridgehead atoms. The molecule has 0 aliphatic rings. The van der Waals surface area contributed by atoms with Crippen LogP contribution in [0.15, 0.2) is 162 Å². The third kappa shape index (κ3) is 3.93. The Hall–Kier alpha value is -6.32. The maximum Gasteiger partial charge on any atom is 0.143 e. The summed E-state index contributed by atoms with van der Waals surface area (Å²) < 4.78 is 6.85. The second-order valence-electron chi connectivity index (χ2n) is 12.1. The van der Waals surface area contributed by atoms with Crippen LogP contribution in [0, 0.1) is 0 Å². The van der Waals surface area contributed by atoms with Crippen molar-refractivity contribution in [2.75, 3.05) is 0 Å². The highest BCUT2D eigenvalue weighted by Gasteiger charge is 2.17. The molecule has 10 aromatic rings. The van der Waals surface area contributed by atoms with Crippen molar-refractivity contribution >= 4 is 65.3 Å². The van der Waals surface area contributed by atoms with Gasteiger partial charge in [0, 0.05) is 45.1 Å². The van der Waals surface area contributed by atoms with Gasteiger partial charge < -0.3 is 4.42 Å². The van der Waals surface area contributed by atoms with Crippen molar-refractivity contribution in [3.8, 4) is 33.4 Å². The van der Waals surface area contributed by atoms with E-state index >= 15 is 0 Å². The lowest BCUT2D eigenvalue weighted by atomic mass is 9.94. The van der Waals surface area contributed by atoms with Crippen LogP contribution in [0.1, 0.15) is 0 Å². The summed E-state index contributed by atoms with van der Waals surface area (Å²) in [5.41, 5.74) is 10.5. The number of para-hydroxylation sites is 2. The smallest absolute Gasteiger partial charge is 0.143 e. The lowest BCUT2D eigenvalue weighted by molar-refractivity contribution is 0.671. The van der Waals surface area contributed by atoms with Gasteiger partial charge in [-0.15, -0.1) is 0 Å². The van der Waals surface area contributed by atoms with Crippen LogP contribution in [0.25, 0.3) is 98.7 Å². The van der Waals surface area contributed by atoms with Gasteiger partial charge in [-0.3, -0.25) is 9.97 Å². The maximum atomic E-state index is 6.85. The first-order valence-electron chi connectivity index (χ1n) is 15.9. The van der Waals surface area contributed by atoms with E-state index in [9.17, 15) is 0 Å². The van der Waals surface area contributed by atoms with Gasteiger partial charge in [0.2, 0.25) is 0 Å². The summed E-state index contributed by atoms with van der Waals surface area (Å²) in [6, 6.07) is 51.9. The van der Waals surface area contributed by atoms with Crippen LogP contribution in [-0.2, 0) is 0 Å². The van der Waals surface area contributed by atoms with Gasteiger partial charge in [-0.05, 0) is 55.9 Å². The summed E-state index contributed by atoms with van der Waals surface area (Å²) in [4.78, 5) is 9.42. The van der Waals surface area contributed by atoms with Gasteiger partial charge in [0.1, 0.15) is 11.2 Å². The van der Waals surface area contributed by atoms with E-state index in [-0.39, 0.29) is 0 Å². The number of hydrogen-bond acceptors (Lipinski definition) is 3. The molecule has 0 aliphatic heterocycles. The SMILES string of the molecule is c1cc(-c2ccc3c(c2)c2ccccc2c2nccnc32)cc(-c2cccc3c2oc2c(-c4cccc5ccccc45)cccc23)c1. The largest absolute Gasteiger partial charge is 0.455 e. The second-order valence-corrected chi connectivity index (χ2v) is 12.1. The number of furan rings is 1. The van der Waals surface area contributed by atoms with Gasteiger partial charge >= 0.3 is 0 Å². The van der Waals surface area contributed by atoms with Crippen molar-refractivity contribution in [2.45, 2.75) is 0 Å². The molecule has 0 aliphatic carbocycles. The molecule has 0 N–H and O–H groups in total. The Bertz CT molecular complexity index is 2820. The fourth-order valence-electron chi connectivity index (χ4n) is 7.40. The second kappa shape index (κ2) is 10.1. The minimum absolute atomic E-state index is 0.905. The third-order valence-corrected chi connectivity index (χ3v) is 9.56. The van der Waals surface area contributed by atoms with Crippen LogP contribution >= 0.6 is 0 Å². The van der Waals surface area contributed by atoms with Crippen molar-refractivity contribution in [1.29, 1.82) is 0 Å². The van der Waals surface area contributed by atoms with E-state index in [0.29, 0.717) is 0 Å². The molecule has 0 unspecified atom stereocenters. The molecule has 0 saturated carbocycles. The standard InChI is InChI=1S/C44H26N2O/c1-2-13-31-27(9-1)10-6-17-33(31)37-18-8-20-39-38-19-7-16-32(43(38)47-44(37)39)30-12-5-11-28(25-30)29-21-22-36-40(26-29)34-14-3-4-15-35(34)41-42(36)46-24-23-45-41/h1-26H. The number of fused-ring (bicyclic) bond motifs is 10. The number of aromatic nitrogens is 2. The highest BCUT2D eigenvalue weighted by molar-refractivity contribution is 6.23. The van der Waals surface area contributed by atoms with Crippen LogP contribution in [-0.4, -0.2) is 9.97 Å². The number of nitrogens with zero attached hydrogens (tertiary/aromatic N) is 2. The van der Waals surface area contributed by atoms with Crippen molar-refractivity contribution in [3.05, 3.63) is 158 Å². The predicted molar refractivity (Wildman–Crippen MR) is 196 cm³/mol. The average molecular weight is 599 g/mol. The van der Waals surface area contributed by atoms with Gasteiger partial charge in [0.15, 0.2) is 0 Å². The molecule has 3 nitrogen and oxygen atoms in total. The van der Waals surface area contributed by atoms with Crippen LogP contribution < -0.4 is 0 Å². The molecule has 10 rings (SSSR count). The summed E-state index contributed by atoms with van der Waals surface area (Å²) in [6.07, 6.45) is 3.55. The van der Waals surface area contributed by atoms with E-state index in [2.05, 4.69) is 146 Å². The van der Waals surface area contributed by atoms with Crippen molar-refractivity contribution in [2.24, 2.45) is 0 Å². The van der Waals surface area contributed by atoms with Crippen LogP contribution in [0.4, 0.5) is 0 Å². The Morgan fingerprint density at radius 1 is 0.340 bits per heavy atom. The first kappa shape index (κ1) is 26.0. The van der Waals surface area contributed by atoms with Gasteiger partial charge in [-0.2, -0.15) is 0 Å². The van der Waals surface area contributed by atoms with Crippen LogP contribution in [0.5, 0.6) is 0 Å². The minimum atomic E-state index is 0.905. The van der Waals surface area contributed by atoms with E-state index < -0.39 is 0 Å². The molecule has 0 fully saturated rings. The molecule has 0 saturated heterocycles. The Morgan fingerprint density at radius 2 is 0.894 bits per heavy atom. The summed E-state index contributed by atoms with van der Waals surface area (Å²) in [5.74, 6) is 0. The van der Waals surface area contributed by atoms with Crippen LogP contribution in [0.2, 0.25) is 0 Å². The van der Waals surface area contributed by atoms with Crippen molar-refractivity contribution < 1.29 is 4.42 Å². The molecule has 8 aromatic carbocycles. The molecule has 218 valence electrons. The molecule has 0 radical (unpaired) electrons. The van der Waals surface area contributed by atoms with E-state index in [4.69, 9.17) is 14.4 Å². The molecule has 0 atom stereocenters. The number of hydrogen-bond donors (Lipinski definition) is 0. The van der Waals surface area contributed by atoms with E-state index in [1.807, 2.05) is 0 Å². The Balaban J connectivity index is 1.15. The summed E-state index contributed by atoms with van der Waals surface area (Å²) in [7, 11) is 0. The first-order chi connectivity index (χ1) is 23.3. The molecule has 47 heavy (non-hydrogen) atoms. The van der Waals surface area contributed by atoms with Gasteiger partial charge in [0.05, 0.1) is 11.0 Å². The monoisotopic (exact) mass is 598 g/mol. The lowest BCUT2D eigenvalue weighted by Crippen LogP contribution is -1.89. The number of rotatable bonds is 3. The molecule has 2 heterocycles. The maximum absolute atomic E-state index is 6.85. The number of benzene rings is 8. The van der Waals surface area contributed by atoms with Gasteiger partial charge in [0.25, 0.3) is 0 Å². The Morgan fingerprint density at radius 3 is 1.72 bits per heavy atom. The summed E-state index contributed by atoms with van der Waals surface area (Å²) in [5, 5.41) is 9.28. The topological polar surface area (TPSA) is 38.9 Å². The van der Waals surface area contributed by atoms with Crippen LogP contribution in [0.3, 0.4) is 0 Å². The fraction of sp³-hybridized carbons (Fsp3) is 0. The van der Waals surface area contributed by atoms with Crippen molar-refractivity contribution in [3.63, 3.8) is 0 Å². The van der Waals surface area contributed by atoms with Crippen molar-refractivity contribution in [1.82, 2.24) is 9.97 Å². The fourth-order valence-corrected chi connectivity index (χ4v) is 7.40. The van der Waals surface area contributed by atoms with E-state index in [1.54, 1.807) is 12.4 Å². The van der Waals surface area contributed by atoms with Gasteiger partial charge in [-0.1, -0.05) is 133 Å². The lowest BCUT2D eigenvalue weighted by Gasteiger charge is -2.11. The van der Waals surface area contributed by atoms with Gasteiger partial charge in [-0.25, -0.2) is 0 Å². The van der Waals surface area contributed by atoms with E-state index in [0.717, 1.165) is 71.6 Å². The summed E-state index contributed by atoms with van der Waals surface area (Å²) in [6.45, 7) is 0. The minimum Gasteiger partial charge on any atom is -0.455 e. The molecule has 3 heteroatoms. The quantitative estimate of drug-likeness (QED) is 0.190. The third-order valence-electron chi connectivity index (χ3n) is 9.56. The zero-order chi connectivity index (χ0) is 30.9. The highest BCUT2D eigenvalue weighted by atomic mass is 16.3. The molecule has 0 spiro atoms. The Kier molecular flexibility index (Phi) is 5.57. The predicted octanol–water partition coefficient (Wildman–Crippen LogP) is 12.0. The molecule has 2 aromatic heterocycles. The zero-order valence-corrected chi connectivity index (χ0v) is 25.3. The first-order valence-corrected chi connectivity index (χ1v) is 15.9. The molecule has 0 amide bonds. The highest BCUT2D eigenvalue weighted by Crippen LogP contribution is 2.42. The summed E-state index contributed by atoms with van der Waals surface area (Å²) >= 11 is 0.